The molecule has 2 rings (SSSR count). The van der Waals surface area contributed by atoms with Crippen molar-refractivity contribution >= 4 is 23.6 Å². The molecule has 1 amide bonds. The minimum atomic E-state index is -0.913. The zero-order chi connectivity index (χ0) is 13.0. The van der Waals surface area contributed by atoms with Crippen LogP contribution in [0, 0.1) is 5.92 Å². The highest BCUT2D eigenvalue weighted by Gasteiger charge is 2.35. The van der Waals surface area contributed by atoms with E-state index >= 15 is 0 Å². The molecule has 2 aliphatic heterocycles. The van der Waals surface area contributed by atoms with Crippen molar-refractivity contribution in [3.05, 3.63) is 0 Å². The Morgan fingerprint density at radius 3 is 2.94 bits per heavy atom. The molecule has 0 radical (unpaired) electrons. The average molecular weight is 274 g/mol. The number of carboxylic acid groups (broad SMARTS) is 1. The quantitative estimate of drug-likeness (QED) is 0.628. The van der Waals surface area contributed by atoms with E-state index in [1.807, 2.05) is 11.8 Å². The second kappa shape index (κ2) is 6.40. The molecule has 2 fully saturated rings. The number of hydrogen-bond donors (Lipinski definition) is 3. The van der Waals surface area contributed by atoms with Crippen molar-refractivity contribution in [1.82, 2.24) is 10.6 Å². The average Bonchev–Trinajstić information content (AvgIpc) is 2.78. The maximum Gasteiger partial charge on any atom is 0.311 e. The van der Waals surface area contributed by atoms with Gasteiger partial charge in [-0.3, -0.25) is 9.59 Å². The Morgan fingerprint density at radius 2 is 2.28 bits per heavy atom. The molecule has 3 N–H and O–H groups in total. The fraction of sp³-hybridized carbons (Fsp3) is 0.818. The van der Waals surface area contributed by atoms with Crippen molar-refractivity contribution in [2.75, 3.05) is 31.3 Å². The lowest BCUT2D eigenvalue weighted by atomic mass is 10.0. The van der Waals surface area contributed by atoms with Gasteiger partial charge in [0.2, 0.25) is 5.91 Å². The van der Waals surface area contributed by atoms with E-state index in [1.54, 1.807) is 0 Å². The molecule has 0 aromatic heterocycles. The fourth-order valence-corrected chi connectivity index (χ4v) is 3.13. The third kappa shape index (κ3) is 3.60. The second-order valence-electron chi connectivity index (χ2n) is 4.59. The van der Waals surface area contributed by atoms with Crippen molar-refractivity contribution in [2.45, 2.75) is 18.5 Å². The van der Waals surface area contributed by atoms with Gasteiger partial charge in [0, 0.05) is 30.5 Å². The maximum absolute atomic E-state index is 11.8. The zero-order valence-electron chi connectivity index (χ0n) is 10.1. The molecule has 0 aliphatic carbocycles. The number of hydrogen-bond acceptors (Lipinski definition) is 5. The molecule has 102 valence electrons. The summed E-state index contributed by atoms with van der Waals surface area (Å²) < 4.78 is 5.11. The number of carbonyl (C=O) groups excluding carboxylic acids is 1. The molecule has 2 aliphatic rings. The van der Waals surface area contributed by atoms with E-state index in [9.17, 15) is 9.59 Å². The molecule has 0 aromatic rings. The molecule has 7 heteroatoms. The van der Waals surface area contributed by atoms with Gasteiger partial charge in [0.15, 0.2) is 0 Å². The van der Waals surface area contributed by atoms with Gasteiger partial charge in [0.05, 0.1) is 19.3 Å². The van der Waals surface area contributed by atoms with Crippen molar-refractivity contribution in [3.63, 3.8) is 0 Å². The van der Waals surface area contributed by atoms with Gasteiger partial charge < -0.3 is 20.5 Å². The maximum atomic E-state index is 11.8. The number of rotatable bonds is 4. The molecule has 0 saturated carbocycles. The molecular formula is C11H18N2O4S. The van der Waals surface area contributed by atoms with Crippen LogP contribution in [-0.2, 0) is 14.3 Å². The Balaban J connectivity index is 1.77. The Bertz CT molecular complexity index is 320. The van der Waals surface area contributed by atoms with Crippen LogP contribution in [0.5, 0.6) is 0 Å². The van der Waals surface area contributed by atoms with E-state index in [0.29, 0.717) is 6.42 Å². The highest BCUT2D eigenvalue weighted by Crippen LogP contribution is 2.15. The SMILES string of the molecule is O=C(CC1CSCCN1)NC1COCC1C(=O)O. The van der Waals surface area contributed by atoms with Crippen LogP contribution in [-0.4, -0.2) is 60.3 Å². The first kappa shape index (κ1) is 13.6. The standard InChI is InChI=1S/C11H18N2O4S/c14-10(3-7-6-18-2-1-12-7)13-9-5-17-4-8(9)11(15)16/h7-9,12H,1-6H2,(H,13,14)(H,15,16). The Labute approximate surface area is 110 Å². The van der Waals surface area contributed by atoms with Crippen LogP contribution in [0.1, 0.15) is 6.42 Å². The zero-order valence-corrected chi connectivity index (χ0v) is 10.9. The van der Waals surface area contributed by atoms with Crippen LogP contribution < -0.4 is 10.6 Å². The van der Waals surface area contributed by atoms with E-state index in [1.165, 1.54) is 0 Å². The molecule has 0 bridgehead atoms. The molecule has 2 heterocycles. The lowest BCUT2D eigenvalue weighted by molar-refractivity contribution is -0.142. The largest absolute Gasteiger partial charge is 0.481 e. The highest BCUT2D eigenvalue weighted by molar-refractivity contribution is 7.99. The van der Waals surface area contributed by atoms with E-state index < -0.39 is 17.9 Å². The number of nitrogens with one attached hydrogen (secondary N) is 2. The minimum absolute atomic E-state index is 0.100. The molecule has 0 aromatic carbocycles. The van der Waals surface area contributed by atoms with Crippen LogP contribution >= 0.6 is 11.8 Å². The van der Waals surface area contributed by atoms with Gasteiger partial charge in [-0.25, -0.2) is 0 Å². The van der Waals surface area contributed by atoms with Crippen LogP contribution in [0.2, 0.25) is 0 Å². The summed E-state index contributed by atoms with van der Waals surface area (Å²) in [7, 11) is 0. The summed E-state index contributed by atoms with van der Waals surface area (Å²) in [5.41, 5.74) is 0. The molecule has 6 nitrogen and oxygen atoms in total. The normalized spacial score (nSPS) is 32.1. The topological polar surface area (TPSA) is 87.7 Å². The van der Waals surface area contributed by atoms with Gasteiger partial charge in [-0.2, -0.15) is 11.8 Å². The molecular weight excluding hydrogens is 256 g/mol. The molecule has 0 spiro atoms. The summed E-state index contributed by atoms with van der Waals surface area (Å²) in [4.78, 5) is 22.8. The minimum Gasteiger partial charge on any atom is -0.481 e. The summed E-state index contributed by atoms with van der Waals surface area (Å²) in [5, 5.41) is 15.0. The second-order valence-corrected chi connectivity index (χ2v) is 5.74. The van der Waals surface area contributed by atoms with Crippen LogP contribution in [0.3, 0.4) is 0 Å². The number of amides is 1. The van der Waals surface area contributed by atoms with Gasteiger partial charge >= 0.3 is 5.97 Å². The van der Waals surface area contributed by atoms with E-state index in [2.05, 4.69) is 10.6 Å². The highest BCUT2D eigenvalue weighted by atomic mass is 32.2. The van der Waals surface area contributed by atoms with E-state index in [0.717, 1.165) is 18.1 Å². The van der Waals surface area contributed by atoms with E-state index in [-0.39, 0.29) is 25.2 Å². The third-order valence-electron chi connectivity index (χ3n) is 3.17. The van der Waals surface area contributed by atoms with Crippen LogP contribution in [0.15, 0.2) is 0 Å². The molecule has 18 heavy (non-hydrogen) atoms. The smallest absolute Gasteiger partial charge is 0.311 e. The van der Waals surface area contributed by atoms with Crippen LogP contribution in [0.4, 0.5) is 0 Å². The predicted molar refractivity (Wildman–Crippen MR) is 67.6 cm³/mol. The first-order valence-electron chi connectivity index (χ1n) is 6.08. The van der Waals surface area contributed by atoms with Gasteiger partial charge in [0.25, 0.3) is 0 Å². The number of carboxylic acids is 1. The fourth-order valence-electron chi connectivity index (χ4n) is 2.18. The van der Waals surface area contributed by atoms with Gasteiger partial charge in [-0.15, -0.1) is 0 Å². The van der Waals surface area contributed by atoms with Gasteiger partial charge in [0.1, 0.15) is 5.92 Å². The number of ether oxygens (including phenoxy) is 1. The lowest BCUT2D eigenvalue weighted by Crippen LogP contribution is -2.46. The third-order valence-corrected chi connectivity index (χ3v) is 4.31. The van der Waals surface area contributed by atoms with Crippen molar-refractivity contribution in [2.24, 2.45) is 5.92 Å². The Kier molecular flexibility index (Phi) is 4.85. The summed E-state index contributed by atoms with van der Waals surface area (Å²) >= 11 is 1.83. The van der Waals surface area contributed by atoms with Crippen LogP contribution in [0.25, 0.3) is 0 Å². The summed E-state index contributed by atoms with van der Waals surface area (Å²) in [6.45, 7) is 1.39. The summed E-state index contributed by atoms with van der Waals surface area (Å²) in [5.74, 6) is 0.371. The predicted octanol–water partition coefficient (Wildman–Crippen LogP) is -0.703. The molecule has 2 saturated heterocycles. The number of carbonyl (C=O) groups is 2. The summed E-state index contributed by atoms with van der Waals surface area (Å²) in [6, 6.07) is -0.208. The molecule has 3 unspecified atom stereocenters. The molecule has 3 atom stereocenters. The number of thioether (sulfide) groups is 1. The van der Waals surface area contributed by atoms with E-state index in [4.69, 9.17) is 9.84 Å². The first-order chi connectivity index (χ1) is 8.66. The van der Waals surface area contributed by atoms with Gasteiger partial charge in [-0.1, -0.05) is 0 Å². The monoisotopic (exact) mass is 274 g/mol. The Morgan fingerprint density at radius 1 is 1.44 bits per heavy atom. The van der Waals surface area contributed by atoms with Crippen molar-refractivity contribution in [3.8, 4) is 0 Å². The van der Waals surface area contributed by atoms with Gasteiger partial charge in [-0.05, 0) is 0 Å². The number of aliphatic carboxylic acids is 1. The summed E-state index contributed by atoms with van der Waals surface area (Å²) in [6.07, 6.45) is 0.399. The Hall–Kier alpha value is -0.790. The first-order valence-corrected chi connectivity index (χ1v) is 7.23. The van der Waals surface area contributed by atoms with Crippen molar-refractivity contribution in [1.29, 1.82) is 0 Å². The lowest BCUT2D eigenvalue weighted by Gasteiger charge is -2.23. The van der Waals surface area contributed by atoms with Crippen molar-refractivity contribution < 1.29 is 19.4 Å².